The van der Waals surface area contributed by atoms with Crippen molar-refractivity contribution < 1.29 is 17.9 Å². The molecule has 0 amide bonds. The van der Waals surface area contributed by atoms with Crippen molar-refractivity contribution in [1.29, 1.82) is 0 Å². The number of carbonyl (C=O) groups is 1. The molecule has 6 nitrogen and oxygen atoms in total. The van der Waals surface area contributed by atoms with Crippen molar-refractivity contribution in [3.05, 3.63) is 0 Å². The van der Waals surface area contributed by atoms with Crippen molar-refractivity contribution in [2.24, 2.45) is 10.3 Å². The van der Waals surface area contributed by atoms with Crippen LogP contribution in [0.2, 0.25) is 0 Å². The topological polar surface area (TPSA) is 84.8 Å². The first-order valence-electron chi connectivity index (χ1n) is 6.92. The highest BCUT2D eigenvalue weighted by Gasteiger charge is 2.25. The van der Waals surface area contributed by atoms with Gasteiger partial charge in [0.1, 0.15) is 11.9 Å². The third kappa shape index (κ3) is 6.36. The van der Waals surface area contributed by atoms with E-state index < -0.39 is 16.1 Å². The van der Waals surface area contributed by atoms with Crippen LogP contribution in [0.25, 0.3) is 0 Å². The van der Waals surface area contributed by atoms with Crippen LogP contribution in [0.5, 0.6) is 0 Å². The average molecular weight is 304 g/mol. The Morgan fingerprint density at radius 2 is 1.95 bits per heavy atom. The second-order valence-electron chi connectivity index (χ2n) is 5.37. The summed E-state index contributed by atoms with van der Waals surface area (Å²) in [5.74, 6) is 0.323. The summed E-state index contributed by atoms with van der Waals surface area (Å²) < 4.78 is 30.5. The van der Waals surface area contributed by atoms with E-state index in [-0.39, 0.29) is 11.8 Å². The molecule has 0 radical (unpaired) electrons. The molecule has 0 aromatic rings. The van der Waals surface area contributed by atoms with Crippen LogP contribution < -0.4 is 5.32 Å². The molecule has 7 heteroatoms. The molecule has 1 aliphatic rings. The molecule has 1 unspecified atom stereocenters. The number of esters is 1. The van der Waals surface area contributed by atoms with Crippen LogP contribution in [0.3, 0.4) is 0 Å². The van der Waals surface area contributed by atoms with Gasteiger partial charge in [0.15, 0.2) is 0 Å². The van der Waals surface area contributed by atoms with Crippen LogP contribution in [-0.2, 0) is 19.6 Å². The number of ether oxygens (including phenoxy) is 1. The summed E-state index contributed by atoms with van der Waals surface area (Å²) >= 11 is 0. The van der Waals surface area contributed by atoms with Gasteiger partial charge in [0.05, 0.1) is 13.4 Å². The number of hydrogen-bond donors (Lipinski definition) is 1. The molecule has 1 saturated carbocycles. The average Bonchev–Trinajstić information content (AvgIpc) is 2.36. The Bertz CT molecular complexity index is 453. The van der Waals surface area contributed by atoms with E-state index in [1.54, 1.807) is 0 Å². The summed E-state index contributed by atoms with van der Waals surface area (Å²) in [6.45, 7) is 1.54. The highest BCUT2D eigenvalue weighted by atomic mass is 32.2. The SMILES string of the molecule is COC(=O)C(CC1CCCCC1)N/C(C)=N/S(C)(=O)=O. The van der Waals surface area contributed by atoms with Crippen LogP contribution >= 0.6 is 0 Å². The molecule has 0 aromatic carbocycles. The number of methoxy groups -OCH3 is 1. The predicted molar refractivity (Wildman–Crippen MR) is 78.1 cm³/mol. The van der Waals surface area contributed by atoms with Gasteiger partial charge in [-0.25, -0.2) is 13.2 Å². The van der Waals surface area contributed by atoms with Gasteiger partial charge >= 0.3 is 5.97 Å². The van der Waals surface area contributed by atoms with Gasteiger partial charge in [-0.2, -0.15) is 4.40 Å². The van der Waals surface area contributed by atoms with Gasteiger partial charge in [0.2, 0.25) is 0 Å². The maximum atomic E-state index is 11.8. The number of nitrogens with one attached hydrogen (secondary N) is 1. The third-order valence-electron chi connectivity index (χ3n) is 3.47. The van der Waals surface area contributed by atoms with E-state index >= 15 is 0 Å². The Morgan fingerprint density at radius 1 is 1.35 bits per heavy atom. The maximum Gasteiger partial charge on any atom is 0.328 e. The molecule has 0 aliphatic heterocycles. The number of sulfonamides is 1. The van der Waals surface area contributed by atoms with Gasteiger partial charge in [-0.3, -0.25) is 0 Å². The first-order chi connectivity index (χ1) is 9.31. The minimum Gasteiger partial charge on any atom is -0.467 e. The summed E-state index contributed by atoms with van der Waals surface area (Å²) in [6.07, 6.45) is 7.52. The second kappa shape index (κ2) is 7.61. The lowest BCUT2D eigenvalue weighted by Crippen LogP contribution is -2.42. The Labute approximate surface area is 121 Å². The quantitative estimate of drug-likeness (QED) is 0.472. The maximum absolute atomic E-state index is 11.8. The summed E-state index contributed by atoms with van der Waals surface area (Å²) in [5.41, 5.74) is 0. The van der Waals surface area contributed by atoms with Gasteiger partial charge < -0.3 is 10.1 Å². The molecule has 1 N–H and O–H groups in total. The zero-order valence-electron chi connectivity index (χ0n) is 12.4. The highest BCUT2D eigenvalue weighted by Crippen LogP contribution is 2.27. The summed E-state index contributed by atoms with van der Waals surface area (Å²) in [4.78, 5) is 11.8. The Balaban J connectivity index is 2.69. The lowest BCUT2D eigenvalue weighted by molar-refractivity contribution is -0.143. The molecular weight excluding hydrogens is 280 g/mol. The highest BCUT2D eigenvalue weighted by molar-refractivity contribution is 7.89. The first kappa shape index (κ1) is 16.9. The van der Waals surface area contributed by atoms with Crippen LogP contribution in [0.15, 0.2) is 4.40 Å². The zero-order valence-corrected chi connectivity index (χ0v) is 13.2. The fourth-order valence-electron chi connectivity index (χ4n) is 2.64. The van der Waals surface area contributed by atoms with Crippen LogP contribution in [0.4, 0.5) is 0 Å². The number of nitrogens with zero attached hydrogens (tertiary/aromatic N) is 1. The minimum atomic E-state index is -3.46. The van der Waals surface area contributed by atoms with Crippen LogP contribution in [0, 0.1) is 5.92 Å². The first-order valence-corrected chi connectivity index (χ1v) is 8.77. The lowest BCUT2D eigenvalue weighted by Gasteiger charge is -2.26. The molecule has 0 heterocycles. The van der Waals surface area contributed by atoms with E-state index in [0.29, 0.717) is 12.3 Å². The molecule has 1 fully saturated rings. The van der Waals surface area contributed by atoms with Gasteiger partial charge in [0, 0.05) is 0 Å². The standard InChI is InChI=1S/C13H24N2O4S/c1-10(15-20(3,17)18)14-12(13(16)19-2)9-11-7-5-4-6-8-11/h11-12H,4-9H2,1-3H3,(H,14,15). The van der Waals surface area contributed by atoms with E-state index in [9.17, 15) is 13.2 Å². The molecular formula is C13H24N2O4S. The van der Waals surface area contributed by atoms with Crippen molar-refractivity contribution >= 4 is 21.8 Å². The number of amidine groups is 1. The minimum absolute atomic E-state index is 0.221. The Hall–Kier alpha value is -1.11. The summed E-state index contributed by atoms with van der Waals surface area (Å²) in [7, 11) is -2.13. The normalized spacial score (nSPS) is 19.4. The van der Waals surface area contributed by atoms with Crippen molar-refractivity contribution in [3.63, 3.8) is 0 Å². The van der Waals surface area contributed by atoms with Crippen molar-refractivity contribution in [3.8, 4) is 0 Å². The molecule has 0 saturated heterocycles. The Morgan fingerprint density at radius 3 is 2.45 bits per heavy atom. The van der Waals surface area contributed by atoms with Gasteiger partial charge in [0.25, 0.3) is 10.0 Å². The summed E-state index contributed by atoms with van der Waals surface area (Å²) in [5, 5.41) is 2.87. The van der Waals surface area contributed by atoms with E-state index in [1.807, 2.05) is 0 Å². The molecule has 0 bridgehead atoms. The number of rotatable bonds is 5. The van der Waals surface area contributed by atoms with E-state index in [2.05, 4.69) is 9.71 Å². The van der Waals surface area contributed by atoms with Crippen molar-refractivity contribution in [1.82, 2.24) is 5.32 Å². The molecule has 1 aliphatic carbocycles. The lowest BCUT2D eigenvalue weighted by atomic mass is 9.85. The van der Waals surface area contributed by atoms with Gasteiger partial charge in [-0.05, 0) is 19.3 Å². The molecule has 0 spiro atoms. The number of hydrogen-bond acceptors (Lipinski definition) is 4. The predicted octanol–water partition coefficient (Wildman–Crippen LogP) is 1.47. The smallest absolute Gasteiger partial charge is 0.328 e. The largest absolute Gasteiger partial charge is 0.467 e. The molecule has 1 rings (SSSR count). The van der Waals surface area contributed by atoms with Crippen molar-refractivity contribution in [2.75, 3.05) is 13.4 Å². The van der Waals surface area contributed by atoms with Crippen LogP contribution in [0.1, 0.15) is 45.4 Å². The summed E-state index contributed by atoms with van der Waals surface area (Å²) in [6, 6.07) is -0.534. The molecule has 116 valence electrons. The zero-order chi connectivity index (χ0) is 15.2. The van der Waals surface area contributed by atoms with Crippen LogP contribution in [-0.4, -0.2) is 39.6 Å². The monoisotopic (exact) mass is 304 g/mol. The fraction of sp³-hybridized carbons (Fsp3) is 0.846. The van der Waals surface area contributed by atoms with Crippen molar-refractivity contribution in [2.45, 2.75) is 51.5 Å². The van der Waals surface area contributed by atoms with E-state index in [0.717, 1.165) is 19.1 Å². The Kier molecular flexibility index (Phi) is 6.45. The van der Waals surface area contributed by atoms with E-state index in [4.69, 9.17) is 4.74 Å². The molecule has 1 atom stereocenters. The molecule has 0 aromatic heterocycles. The fourth-order valence-corrected chi connectivity index (χ4v) is 3.19. The third-order valence-corrected chi connectivity index (χ3v) is 4.07. The molecule has 20 heavy (non-hydrogen) atoms. The number of carbonyl (C=O) groups excluding carboxylic acids is 1. The van der Waals surface area contributed by atoms with Gasteiger partial charge in [-0.15, -0.1) is 0 Å². The second-order valence-corrected chi connectivity index (χ2v) is 7.02. The van der Waals surface area contributed by atoms with Gasteiger partial charge in [-0.1, -0.05) is 32.1 Å². The van der Waals surface area contributed by atoms with E-state index in [1.165, 1.54) is 33.3 Å².